The fraction of sp³-hybridized carbons (Fsp3) is 0.733. The molecule has 1 atom stereocenters. The lowest BCUT2D eigenvalue weighted by atomic mass is 10.1. The molecule has 0 saturated carbocycles. The van der Waals surface area contributed by atoms with Gasteiger partial charge in [0.1, 0.15) is 18.0 Å². The van der Waals surface area contributed by atoms with Crippen molar-refractivity contribution in [1.82, 2.24) is 9.97 Å². The molecule has 0 fully saturated rings. The van der Waals surface area contributed by atoms with Gasteiger partial charge in [-0.3, -0.25) is 0 Å². The Balaban J connectivity index is 2.93. The van der Waals surface area contributed by atoms with E-state index in [9.17, 15) is 0 Å². The van der Waals surface area contributed by atoms with Crippen molar-refractivity contribution in [2.24, 2.45) is 0 Å². The van der Waals surface area contributed by atoms with Crippen LogP contribution in [0.15, 0.2) is 6.33 Å². The average Bonchev–Trinajstić information content (AvgIpc) is 2.43. The molecule has 1 unspecified atom stereocenters. The molecule has 1 aromatic heterocycles. The third kappa shape index (κ3) is 4.96. The molecule has 0 bridgehead atoms. The SMILES string of the molecule is CCCc1c(NCC)ncnc1NC(CCC)COC. The van der Waals surface area contributed by atoms with Gasteiger partial charge in [0.25, 0.3) is 0 Å². The highest BCUT2D eigenvalue weighted by atomic mass is 16.5. The van der Waals surface area contributed by atoms with Crippen molar-refractivity contribution >= 4 is 11.6 Å². The lowest BCUT2D eigenvalue weighted by Crippen LogP contribution is -2.26. The van der Waals surface area contributed by atoms with E-state index in [-0.39, 0.29) is 0 Å². The first-order valence-corrected chi connectivity index (χ1v) is 7.59. The minimum absolute atomic E-state index is 0.296. The van der Waals surface area contributed by atoms with Crippen LogP contribution in [-0.4, -0.2) is 36.3 Å². The maximum Gasteiger partial charge on any atom is 0.135 e. The summed E-state index contributed by atoms with van der Waals surface area (Å²) in [5.41, 5.74) is 1.18. The smallest absolute Gasteiger partial charge is 0.135 e. The molecule has 2 N–H and O–H groups in total. The molecule has 0 saturated heterocycles. The molecule has 1 aromatic rings. The van der Waals surface area contributed by atoms with Crippen LogP contribution in [0, 0.1) is 0 Å². The highest BCUT2D eigenvalue weighted by Gasteiger charge is 2.14. The number of ether oxygens (including phenoxy) is 1. The first-order valence-electron chi connectivity index (χ1n) is 7.59. The van der Waals surface area contributed by atoms with Gasteiger partial charge in [-0.25, -0.2) is 9.97 Å². The number of hydrogen-bond donors (Lipinski definition) is 2. The fourth-order valence-electron chi connectivity index (χ4n) is 2.28. The summed E-state index contributed by atoms with van der Waals surface area (Å²) in [6, 6.07) is 0.296. The first-order chi connectivity index (χ1) is 9.76. The lowest BCUT2D eigenvalue weighted by Gasteiger charge is -2.21. The second kappa shape index (κ2) is 9.53. The van der Waals surface area contributed by atoms with Crippen molar-refractivity contribution in [3.05, 3.63) is 11.9 Å². The van der Waals surface area contributed by atoms with Gasteiger partial charge >= 0.3 is 0 Å². The average molecular weight is 280 g/mol. The Morgan fingerprint density at radius 1 is 1.15 bits per heavy atom. The van der Waals surface area contributed by atoms with E-state index in [4.69, 9.17) is 4.74 Å². The van der Waals surface area contributed by atoms with Gasteiger partial charge in [-0.2, -0.15) is 0 Å². The van der Waals surface area contributed by atoms with Gasteiger partial charge in [0.05, 0.1) is 12.6 Å². The van der Waals surface area contributed by atoms with Crippen molar-refractivity contribution in [3.63, 3.8) is 0 Å². The summed E-state index contributed by atoms with van der Waals surface area (Å²) in [5, 5.41) is 6.83. The number of nitrogens with one attached hydrogen (secondary N) is 2. The van der Waals surface area contributed by atoms with Crippen LogP contribution in [0.1, 0.15) is 45.6 Å². The maximum absolute atomic E-state index is 5.28. The van der Waals surface area contributed by atoms with Crippen molar-refractivity contribution in [2.45, 2.75) is 52.5 Å². The number of rotatable bonds is 10. The van der Waals surface area contributed by atoms with Crippen LogP contribution in [0.4, 0.5) is 11.6 Å². The van der Waals surface area contributed by atoms with Gasteiger partial charge in [-0.1, -0.05) is 26.7 Å². The molecule has 1 rings (SSSR count). The van der Waals surface area contributed by atoms with E-state index in [0.29, 0.717) is 12.6 Å². The number of methoxy groups -OCH3 is 1. The summed E-state index contributed by atoms with van der Waals surface area (Å²) in [7, 11) is 1.74. The highest BCUT2D eigenvalue weighted by Crippen LogP contribution is 2.22. The molecule has 0 spiro atoms. The topological polar surface area (TPSA) is 59.1 Å². The Labute approximate surface area is 122 Å². The third-order valence-electron chi connectivity index (χ3n) is 3.14. The number of nitrogens with zero attached hydrogens (tertiary/aromatic N) is 2. The number of aromatic nitrogens is 2. The normalized spacial score (nSPS) is 12.2. The standard InChI is InChI=1S/C15H28N4O/c1-5-8-12(10-20-4)19-15-13(9-6-2)14(16-7-3)17-11-18-15/h11-12H,5-10H2,1-4H3,(H2,16,17,18,19). The zero-order chi connectivity index (χ0) is 14.8. The summed E-state index contributed by atoms with van der Waals surface area (Å²) in [5.74, 6) is 1.88. The quantitative estimate of drug-likeness (QED) is 0.689. The summed E-state index contributed by atoms with van der Waals surface area (Å²) in [6.45, 7) is 7.99. The molecule has 5 nitrogen and oxygen atoms in total. The van der Waals surface area contributed by atoms with Crippen molar-refractivity contribution in [2.75, 3.05) is 30.9 Å². The fourth-order valence-corrected chi connectivity index (χ4v) is 2.28. The number of anilines is 2. The summed E-state index contributed by atoms with van der Waals surface area (Å²) in [6.07, 6.45) is 5.85. The van der Waals surface area contributed by atoms with Crippen LogP contribution in [0.2, 0.25) is 0 Å². The largest absolute Gasteiger partial charge is 0.383 e. The summed E-state index contributed by atoms with van der Waals surface area (Å²) >= 11 is 0. The molecular weight excluding hydrogens is 252 g/mol. The molecular formula is C15H28N4O. The van der Waals surface area contributed by atoms with Gasteiger partial charge in [0.15, 0.2) is 0 Å². The monoisotopic (exact) mass is 280 g/mol. The molecule has 20 heavy (non-hydrogen) atoms. The second-order valence-electron chi connectivity index (χ2n) is 4.92. The number of hydrogen-bond acceptors (Lipinski definition) is 5. The van der Waals surface area contributed by atoms with Crippen LogP contribution in [0.5, 0.6) is 0 Å². The predicted octanol–water partition coefficient (Wildman–Crippen LogP) is 3.09. The molecule has 0 aliphatic carbocycles. The Morgan fingerprint density at radius 3 is 2.50 bits per heavy atom. The van der Waals surface area contributed by atoms with Crippen LogP contribution in [-0.2, 0) is 11.2 Å². The van der Waals surface area contributed by atoms with Crippen LogP contribution in [0.25, 0.3) is 0 Å². The Morgan fingerprint density at radius 2 is 1.90 bits per heavy atom. The summed E-state index contributed by atoms with van der Waals surface area (Å²) < 4.78 is 5.28. The van der Waals surface area contributed by atoms with Crippen molar-refractivity contribution in [1.29, 1.82) is 0 Å². The van der Waals surface area contributed by atoms with Crippen LogP contribution in [0.3, 0.4) is 0 Å². The molecule has 0 radical (unpaired) electrons. The van der Waals surface area contributed by atoms with Gasteiger partial charge in [0.2, 0.25) is 0 Å². The highest BCUT2D eigenvalue weighted by molar-refractivity contribution is 5.57. The molecule has 1 heterocycles. The maximum atomic E-state index is 5.28. The van der Waals surface area contributed by atoms with Crippen molar-refractivity contribution < 1.29 is 4.74 Å². The molecule has 0 amide bonds. The Hall–Kier alpha value is -1.36. The van der Waals surface area contributed by atoms with Crippen LogP contribution >= 0.6 is 0 Å². The Bertz CT molecular complexity index is 378. The lowest BCUT2D eigenvalue weighted by molar-refractivity contribution is 0.182. The third-order valence-corrected chi connectivity index (χ3v) is 3.14. The van der Waals surface area contributed by atoms with E-state index in [1.807, 2.05) is 0 Å². The second-order valence-corrected chi connectivity index (χ2v) is 4.92. The molecule has 0 aliphatic rings. The van der Waals surface area contributed by atoms with Gasteiger partial charge < -0.3 is 15.4 Å². The molecule has 5 heteroatoms. The van der Waals surface area contributed by atoms with E-state index in [1.165, 1.54) is 5.56 Å². The van der Waals surface area contributed by atoms with Gasteiger partial charge in [-0.15, -0.1) is 0 Å². The van der Waals surface area contributed by atoms with E-state index in [0.717, 1.165) is 43.9 Å². The minimum atomic E-state index is 0.296. The van der Waals surface area contributed by atoms with E-state index in [1.54, 1.807) is 13.4 Å². The van der Waals surface area contributed by atoms with Gasteiger partial charge in [-0.05, 0) is 19.8 Å². The molecule has 0 aromatic carbocycles. The Kier molecular flexibility index (Phi) is 7.95. The zero-order valence-corrected chi connectivity index (χ0v) is 13.2. The summed E-state index contributed by atoms with van der Waals surface area (Å²) in [4.78, 5) is 8.78. The minimum Gasteiger partial charge on any atom is -0.383 e. The van der Waals surface area contributed by atoms with Crippen LogP contribution < -0.4 is 10.6 Å². The van der Waals surface area contributed by atoms with Gasteiger partial charge in [0, 0.05) is 19.2 Å². The molecule has 0 aliphatic heterocycles. The molecule has 114 valence electrons. The predicted molar refractivity (Wildman–Crippen MR) is 84.4 cm³/mol. The first kappa shape index (κ1) is 16.7. The van der Waals surface area contributed by atoms with E-state index in [2.05, 4.69) is 41.4 Å². The van der Waals surface area contributed by atoms with Crippen molar-refractivity contribution in [3.8, 4) is 0 Å². The zero-order valence-electron chi connectivity index (χ0n) is 13.2. The van der Waals surface area contributed by atoms with E-state index >= 15 is 0 Å². The van der Waals surface area contributed by atoms with E-state index < -0.39 is 0 Å².